The summed E-state index contributed by atoms with van der Waals surface area (Å²) in [5.41, 5.74) is 4.42. The standard InChI is InChI=1S/C32H30N2O5/c1-21(35)17-22-11-14-26(15-12-22)39-20-25-18-24(13-16-29(25)38-2)31-33-27-9-6-10-28(36)30(27)32(37)34(31)19-23-7-4-3-5-8-23/h3-16,18,31,33,36H,17,19-20H2,1-2H3/t31-/m0/s1. The van der Waals surface area contributed by atoms with Crippen molar-refractivity contribution in [1.82, 2.24) is 4.90 Å². The number of carbonyl (C=O) groups excluding carboxylic acids is 2. The Hall–Kier alpha value is -4.78. The van der Waals surface area contributed by atoms with Crippen molar-refractivity contribution in [3.8, 4) is 17.2 Å². The van der Waals surface area contributed by atoms with Crippen LogP contribution in [0.25, 0.3) is 0 Å². The molecule has 198 valence electrons. The molecule has 0 unspecified atom stereocenters. The largest absolute Gasteiger partial charge is 0.507 e. The molecular weight excluding hydrogens is 492 g/mol. The summed E-state index contributed by atoms with van der Waals surface area (Å²) in [5.74, 6) is 1.14. The first-order valence-electron chi connectivity index (χ1n) is 12.7. The summed E-state index contributed by atoms with van der Waals surface area (Å²) in [4.78, 5) is 26.8. The summed E-state index contributed by atoms with van der Waals surface area (Å²) >= 11 is 0. The Balaban J connectivity index is 1.44. The van der Waals surface area contributed by atoms with E-state index >= 15 is 0 Å². The van der Waals surface area contributed by atoms with Crippen molar-refractivity contribution in [3.05, 3.63) is 119 Å². The van der Waals surface area contributed by atoms with Crippen LogP contribution < -0.4 is 14.8 Å². The Bertz CT molecular complexity index is 1480. The second-order valence-corrected chi connectivity index (χ2v) is 9.55. The van der Waals surface area contributed by atoms with E-state index in [4.69, 9.17) is 9.47 Å². The lowest BCUT2D eigenvalue weighted by atomic mass is 10.00. The number of methoxy groups -OCH3 is 1. The molecule has 0 aromatic heterocycles. The zero-order valence-corrected chi connectivity index (χ0v) is 21.9. The lowest BCUT2D eigenvalue weighted by Gasteiger charge is -2.38. The Labute approximate surface area is 227 Å². The van der Waals surface area contributed by atoms with Crippen molar-refractivity contribution in [3.63, 3.8) is 0 Å². The zero-order valence-electron chi connectivity index (χ0n) is 21.9. The van der Waals surface area contributed by atoms with Crippen LogP contribution in [0, 0.1) is 0 Å². The van der Waals surface area contributed by atoms with Gasteiger partial charge in [0.05, 0.1) is 12.8 Å². The average molecular weight is 523 g/mol. The maximum absolute atomic E-state index is 13.7. The van der Waals surface area contributed by atoms with E-state index in [1.54, 1.807) is 31.1 Å². The number of ether oxygens (including phenoxy) is 2. The molecule has 7 heteroatoms. The van der Waals surface area contributed by atoms with E-state index in [0.29, 0.717) is 30.2 Å². The Morgan fingerprint density at radius 3 is 2.44 bits per heavy atom. The van der Waals surface area contributed by atoms with Gasteiger partial charge in [-0.3, -0.25) is 9.59 Å². The number of fused-ring (bicyclic) bond motifs is 1. The highest BCUT2D eigenvalue weighted by molar-refractivity contribution is 6.04. The van der Waals surface area contributed by atoms with Crippen LogP contribution in [0.4, 0.5) is 5.69 Å². The topological polar surface area (TPSA) is 88.1 Å². The Kier molecular flexibility index (Phi) is 7.50. The number of hydrogen-bond acceptors (Lipinski definition) is 6. The van der Waals surface area contributed by atoms with E-state index in [9.17, 15) is 14.7 Å². The van der Waals surface area contributed by atoms with Crippen LogP contribution in [-0.2, 0) is 24.4 Å². The molecule has 0 radical (unpaired) electrons. The highest BCUT2D eigenvalue weighted by Gasteiger charge is 2.35. The van der Waals surface area contributed by atoms with Crippen LogP contribution in [0.15, 0.2) is 91.0 Å². The number of rotatable bonds is 9. The number of ketones is 1. The van der Waals surface area contributed by atoms with Gasteiger partial charge in [-0.1, -0.05) is 54.6 Å². The van der Waals surface area contributed by atoms with Crippen LogP contribution in [0.2, 0.25) is 0 Å². The fourth-order valence-corrected chi connectivity index (χ4v) is 4.81. The summed E-state index contributed by atoms with van der Waals surface area (Å²) in [6.45, 7) is 2.18. The molecule has 0 saturated carbocycles. The molecule has 4 aromatic carbocycles. The molecular formula is C32H30N2O5. The lowest BCUT2D eigenvalue weighted by Crippen LogP contribution is -2.42. The number of nitrogens with one attached hydrogen (secondary N) is 1. The van der Waals surface area contributed by atoms with E-state index in [-0.39, 0.29) is 29.6 Å². The third-order valence-corrected chi connectivity index (χ3v) is 6.71. The molecule has 1 heterocycles. The number of phenols is 1. The summed E-state index contributed by atoms with van der Waals surface area (Å²) < 4.78 is 11.7. The highest BCUT2D eigenvalue weighted by Crippen LogP contribution is 2.39. The Morgan fingerprint density at radius 2 is 1.72 bits per heavy atom. The molecule has 0 bridgehead atoms. The number of amides is 1. The molecule has 1 aliphatic heterocycles. The second kappa shape index (κ2) is 11.3. The first-order valence-corrected chi connectivity index (χ1v) is 12.7. The van der Waals surface area contributed by atoms with Gasteiger partial charge in [-0.2, -0.15) is 0 Å². The molecule has 2 N–H and O–H groups in total. The molecule has 4 aromatic rings. The van der Waals surface area contributed by atoms with E-state index in [1.165, 1.54) is 6.07 Å². The van der Waals surface area contributed by atoms with Crippen molar-refractivity contribution in [2.24, 2.45) is 0 Å². The van der Waals surface area contributed by atoms with Gasteiger partial charge in [0.2, 0.25) is 0 Å². The molecule has 0 fully saturated rings. The number of carbonyl (C=O) groups is 2. The quantitative estimate of drug-likeness (QED) is 0.286. The maximum Gasteiger partial charge on any atom is 0.261 e. The predicted molar refractivity (Wildman–Crippen MR) is 149 cm³/mol. The van der Waals surface area contributed by atoms with Crippen LogP contribution >= 0.6 is 0 Å². The van der Waals surface area contributed by atoms with Gasteiger partial charge in [-0.05, 0) is 60.0 Å². The van der Waals surface area contributed by atoms with Gasteiger partial charge in [-0.15, -0.1) is 0 Å². The van der Waals surface area contributed by atoms with Crippen molar-refractivity contribution < 1.29 is 24.2 Å². The highest BCUT2D eigenvalue weighted by atomic mass is 16.5. The smallest absolute Gasteiger partial charge is 0.261 e. The van der Waals surface area contributed by atoms with Crippen molar-refractivity contribution in [2.45, 2.75) is 32.7 Å². The summed E-state index contributed by atoms with van der Waals surface area (Å²) in [7, 11) is 1.61. The SMILES string of the molecule is COc1ccc([C@H]2Nc3cccc(O)c3C(=O)N2Cc2ccccc2)cc1COc1ccc(CC(C)=O)cc1. The zero-order chi connectivity index (χ0) is 27.4. The molecule has 0 saturated heterocycles. The monoisotopic (exact) mass is 522 g/mol. The van der Waals surface area contributed by atoms with Gasteiger partial charge in [0.15, 0.2) is 0 Å². The van der Waals surface area contributed by atoms with Crippen LogP contribution in [0.5, 0.6) is 17.2 Å². The summed E-state index contributed by atoms with van der Waals surface area (Å²) in [6, 6.07) is 28.0. The first kappa shape index (κ1) is 25.9. The predicted octanol–water partition coefficient (Wildman–Crippen LogP) is 5.88. The number of aromatic hydroxyl groups is 1. The minimum absolute atomic E-state index is 0.0559. The van der Waals surface area contributed by atoms with Gasteiger partial charge in [0.25, 0.3) is 5.91 Å². The minimum atomic E-state index is -0.484. The van der Waals surface area contributed by atoms with Crippen LogP contribution in [0.1, 0.15) is 45.7 Å². The van der Waals surface area contributed by atoms with Crippen molar-refractivity contribution in [1.29, 1.82) is 0 Å². The Morgan fingerprint density at radius 1 is 0.949 bits per heavy atom. The number of benzene rings is 4. The van der Waals surface area contributed by atoms with E-state index in [0.717, 1.165) is 22.3 Å². The third kappa shape index (κ3) is 5.72. The first-order chi connectivity index (χ1) is 18.9. The number of nitrogens with zero attached hydrogens (tertiary/aromatic N) is 1. The van der Waals surface area contributed by atoms with E-state index < -0.39 is 6.17 Å². The van der Waals surface area contributed by atoms with Gasteiger partial charge in [0, 0.05) is 18.5 Å². The van der Waals surface area contributed by atoms with Crippen molar-refractivity contribution >= 4 is 17.4 Å². The van der Waals surface area contributed by atoms with Gasteiger partial charge < -0.3 is 24.8 Å². The molecule has 0 spiro atoms. The fourth-order valence-electron chi connectivity index (χ4n) is 4.81. The minimum Gasteiger partial charge on any atom is -0.507 e. The molecule has 1 aliphatic rings. The molecule has 7 nitrogen and oxygen atoms in total. The van der Waals surface area contributed by atoms with Gasteiger partial charge in [0.1, 0.15) is 41.4 Å². The normalized spacial score (nSPS) is 14.4. The number of anilines is 1. The summed E-state index contributed by atoms with van der Waals surface area (Å²) in [5, 5.41) is 13.9. The number of phenolic OH excluding ortho intramolecular Hbond substituents is 1. The molecule has 0 aliphatic carbocycles. The van der Waals surface area contributed by atoms with E-state index in [1.807, 2.05) is 72.8 Å². The maximum atomic E-state index is 13.7. The number of Topliss-reactive ketones (excluding diaryl/α,β-unsaturated/α-hetero) is 1. The van der Waals surface area contributed by atoms with Gasteiger partial charge in [-0.25, -0.2) is 0 Å². The molecule has 1 atom stereocenters. The third-order valence-electron chi connectivity index (χ3n) is 6.71. The molecule has 39 heavy (non-hydrogen) atoms. The summed E-state index contributed by atoms with van der Waals surface area (Å²) in [6.07, 6.45) is -0.0913. The van der Waals surface area contributed by atoms with Gasteiger partial charge >= 0.3 is 0 Å². The average Bonchev–Trinajstić information content (AvgIpc) is 2.94. The lowest BCUT2D eigenvalue weighted by molar-refractivity contribution is -0.116. The fraction of sp³-hybridized carbons (Fsp3) is 0.188. The number of hydrogen-bond donors (Lipinski definition) is 2. The van der Waals surface area contributed by atoms with E-state index in [2.05, 4.69) is 5.32 Å². The second-order valence-electron chi connectivity index (χ2n) is 9.55. The van der Waals surface area contributed by atoms with Crippen LogP contribution in [-0.4, -0.2) is 28.8 Å². The molecule has 1 amide bonds. The molecule has 5 rings (SSSR count). The van der Waals surface area contributed by atoms with Crippen LogP contribution in [0.3, 0.4) is 0 Å². The van der Waals surface area contributed by atoms with Crippen molar-refractivity contribution in [2.75, 3.05) is 12.4 Å².